The molecule has 1 atom stereocenters. The van der Waals surface area contributed by atoms with Crippen molar-refractivity contribution in [3.63, 3.8) is 0 Å². The molecule has 1 saturated carbocycles. The molecule has 1 aliphatic rings. The van der Waals surface area contributed by atoms with E-state index in [0.29, 0.717) is 5.56 Å². The van der Waals surface area contributed by atoms with E-state index >= 15 is 0 Å². The highest BCUT2D eigenvalue weighted by Crippen LogP contribution is 2.17. The van der Waals surface area contributed by atoms with Crippen LogP contribution >= 0.6 is 0 Å². The summed E-state index contributed by atoms with van der Waals surface area (Å²) >= 11 is 0. The minimum Gasteiger partial charge on any atom is -0.451 e. The van der Waals surface area contributed by atoms with Gasteiger partial charge in [-0.1, -0.05) is 49.6 Å². The molecule has 0 aromatic heterocycles. The van der Waals surface area contributed by atoms with Gasteiger partial charge < -0.3 is 15.4 Å². The second kappa shape index (κ2) is 10.6. The van der Waals surface area contributed by atoms with Crippen LogP contribution in [0.3, 0.4) is 0 Å². The maximum absolute atomic E-state index is 12.3. The Morgan fingerprint density at radius 2 is 1.71 bits per heavy atom. The summed E-state index contributed by atoms with van der Waals surface area (Å²) in [5, 5.41) is 9.34. The molecule has 0 spiro atoms. The monoisotopic (exact) mass is 425 g/mol. The highest BCUT2D eigenvalue weighted by atomic mass is 16.5. The molecule has 8 heteroatoms. The zero-order valence-corrected chi connectivity index (χ0v) is 17.5. The number of hydrogen-bond acceptors (Lipinski definition) is 5. The average molecular weight is 425 g/mol. The predicted molar refractivity (Wildman–Crippen MR) is 115 cm³/mol. The van der Waals surface area contributed by atoms with E-state index in [1.54, 1.807) is 12.1 Å². The van der Waals surface area contributed by atoms with Gasteiger partial charge in [0.15, 0.2) is 6.10 Å². The van der Waals surface area contributed by atoms with Gasteiger partial charge in [0.1, 0.15) is 6.54 Å². The number of ether oxygens (including phenoxy) is 1. The molecular formula is C23H27N3O5. The molecule has 0 radical (unpaired) electrons. The van der Waals surface area contributed by atoms with Crippen molar-refractivity contribution in [1.29, 1.82) is 0 Å². The van der Waals surface area contributed by atoms with Crippen LogP contribution in [0.25, 0.3) is 10.8 Å². The van der Waals surface area contributed by atoms with E-state index in [2.05, 4.69) is 16.0 Å². The molecule has 0 saturated heterocycles. The first-order valence-electron chi connectivity index (χ1n) is 10.5. The van der Waals surface area contributed by atoms with E-state index in [1.807, 2.05) is 30.3 Å². The van der Waals surface area contributed by atoms with E-state index in [0.717, 1.165) is 42.9 Å². The number of imide groups is 1. The molecule has 1 fully saturated rings. The quantitative estimate of drug-likeness (QED) is 0.616. The van der Waals surface area contributed by atoms with Gasteiger partial charge in [-0.15, -0.1) is 0 Å². The van der Waals surface area contributed by atoms with Gasteiger partial charge in [-0.05, 0) is 42.7 Å². The Morgan fingerprint density at radius 1 is 1.00 bits per heavy atom. The van der Waals surface area contributed by atoms with E-state index in [9.17, 15) is 19.2 Å². The highest BCUT2D eigenvalue weighted by molar-refractivity contribution is 6.00. The van der Waals surface area contributed by atoms with Gasteiger partial charge in [0.05, 0.1) is 0 Å². The minimum atomic E-state index is -1.16. The lowest BCUT2D eigenvalue weighted by Gasteiger charge is -2.23. The Bertz CT molecular complexity index is 969. The van der Waals surface area contributed by atoms with Crippen molar-refractivity contribution in [2.24, 2.45) is 0 Å². The Labute approximate surface area is 180 Å². The smallest absolute Gasteiger partial charge is 0.326 e. The van der Waals surface area contributed by atoms with Crippen molar-refractivity contribution < 1.29 is 23.9 Å². The predicted octanol–water partition coefficient (Wildman–Crippen LogP) is 2.66. The number of carbonyl (C=O) groups excluding carboxylic acids is 4. The van der Waals surface area contributed by atoms with Crippen molar-refractivity contribution in [3.8, 4) is 0 Å². The van der Waals surface area contributed by atoms with Gasteiger partial charge in [-0.3, -0.25) is 19.7 Å². The molecule has 1 aliphatic carbocycles. The van der Waals surface area contributed by atoms with Crippen LogP contribution in [0.5, 0.6) is 0 Å². The molecule has 0 bridgehead atoms. The summed E-state index contributed by atoms with van der Waals surface area (Å²) < 4.78 is 5.01. The fraction of sp³-hybridized carbons (Fsp3) is 0.391. The number of esters is 1. The maximum atomic E-state index is 12.3. The van der Waals surface area contributed by atoms with Crippen LogP contribution < -0.4 is 16.0 Å². The van der Waals surface area contributed by atoms with E-state index in [1.165, 1.54) is 6.92 Å². The van der Waals surface area contributed by atoms with Crippen LogP contribution in [0.4, 0.5) is 4.79 Å². The van der Waals surface area contributed by atoms with Crippen LogP contribution in [0.15, 0.2) is 42.5 Å². The van der Waals surface area contributed by atoms with Crippen molar-refractivity contribution in [3.05, 3.63) is 48.0 Å². The summed E-state index contributed by atoms with van der Waals surface area (Å²) in [5.74, 6) is -1.92. The van der Waals surface area contributed by atoms with Crippen molar-refractivity contribution in [2.45, 2.75) is 51.2 Å². The summed E-state index contributed by atoms with van der Waals surface area (Å²) in [5.41, 5.74) is 0.414. The zero-order chi connectivity index (χ0) is 22.2. The average Bonchev–Trinajstić information content (AvgIpc) is 2.77. The molecule has 2 aromatic rings. The number of rotatable bonds is 6. The number of amides is 4. The topological polar surface area (TPSA) is 114 Å². The molecule has 8 nitrogen and oxygen atoms in total. The second-order valence-electron chi connectivity index (χ2n) is 7.67. The fourth-order valence-corrected chi connectivity index (χ4v) is 3.56. The molecule has 3 rings (SSSR count). The molecule has 31 heavy (non-hydrogen) atoms. The van der Waals surface area contributed by atoms with E-state index in [4.69, 9.17) is 4.74 Å². The fourth-order valence-electron chi connectivity index (χ4n) is 3.56. The molecule has 4 amide bonds. The van der Waals surface area contributed by atoms with Crippen molar-refractivity contribution in [1.82, 2.24) is 16.0 Å². The first-order valence-corrected chi connectivity index (χ1v) is 10.5. The van der Waals surface area contributed by atoms with Crippen molar-refractivity contribution >= 4 is 34.6 Å². The molecule has 0 unspecified atom stereocenters. The number of carbonyl (C=O) groups is 4. The maximum Gasteiger partial charge on any atom is 0.326 e. The number of hydrogen-bond donors (Lipinski definition) is 3. The molecular weight excluding hydrogens is 398 g/mol. The van der Waals surface area contributed by atoms with Gasteiger partial charge in [-0.25, -0.2) is 4.79 Å². The highest BCUT2D eigenvalue weighted by Gasteiger charge is 2.22. The molecule has 3 N–H and O–H groups in total. The number of benzene rings is 2. The lowest BCUT2D eigenvalue weighted by Crippen LogP contribution is -2.48. The Morgan fingerprint density at radius 3 is 2.45 bits per heavy atom. The summed E-state index contributed by atoms with van der Waals surface area (Å²) in [4.78, 5) is 48.3. The van der Waals surface area contributed by atoms with Gasteiger partial charge in [0, 0.05) is 11.6 Å². The third-order valence-corrected chi connectivity index (χ3v) is 5.26. The van der Waals surface area contributed by atoms with Crippen molar-refractivity contribution in [2.75, 3.05) is 6.54 Å². The Kier molecular flexibility index (Phi) is 7.59. The number of nitrogens with one attached hydrogen (secondary N) is 3. The third kappa shape index (κ3) is 6.53. The SMILES string of the molecule is C[C@@H](OC(=O)CNC(=O)c1ccc2ccccc2c1)C(=O)NC(=O)NC1CCCCC1. The Balaban J connectivity index is 1.41. The van der Waals surface area contributed by atoms with Crippen LogP contribution in [-0.2, 0) is 14.3 Å². The van der Waals surface area contributed by atoms with Crippen LogP contribution in [0.1, 0.15) is 49.4 Å². The third-order valence-electron chi connectivity index (χ3n) is 5.26. The summed E-state index contributed by atoms with van der Waals surface area (Å²) in [6, 6.07) is 12.3. The lowest BCUT2D eigenvalue weighted by atomic mass is 9.96. The summed E-state index contributed by atoms with van der Waals surface area (Å²) in [7, 11) is 0. The largest absolute Gasteiger partial charge is 0.451 e. The van der Waals surface area contributed by atoms with Gasteiger partial charge >= 0.3 is 12.0 Å². The lowest BCUT2D eigenvalue weighted by molar-refractivity contribution is -0.153. The molecule has 164 valence electrons. The number of fused-ring (bicyclic) bond motifs is 1. The Hall–Kier alpha value is -3.42. The second-order valence-corrected chi connectivity index (χ2v) is 7.67. The van der Waals surface area contributed by atoms with E-state index in [-0.39, 0.29) is 6.04 Å². The van der Waals surface area contributed by atoms with E-state index < -0.39 is 36.5 Å². The van der Waals surface area contributed by atoms with Crippen LogP contribution in [-0.4, -0.2) is 42.5 Å². The van der Waals surface area contributed by atoms with Gasteiger partial charge in [0.2, 0.25) is 0 Å². The first-order chi connectivity index (χ1) is 14.9. The zero-order valence-electron chi connectivity index (χ0n) is 17.5. The van der Waals surface area contributed by atoms with Gasteiger partial charge in [0.25, 0.3) is 11.8 Å². The minimum absolute atomic E-state index is 0.0599. The summed E-state index contributed by atoms with van der Waals surface area (Å²) in [6.45, 7) is 0.976. The molecule has 0 aliphatic heterocycles. The molecule has 0 heterocycles. The standard InChI is InChI=1S/C23H27N3O5/c1-15(21(28)26-23(30)25-19-9-3-2-4-10-19)31-20(27)14-24-22(29)18-12-11-16-7-5-6-8-17(16)13-18/h5-8,11-13,15,19H,2-4,9-10,14H2,1H3,(H,24,29)(H2,25,26,28,30)/t15-/m1/s1. The molecule has 2 aromatic carbocycles. The first kappa shape index (κ1) is 22.3. The van der Waals surface area contributed by atoms with Gasteiger partial charge in [-0.2, -0.15) is 0 Å². The normalized spacial score (nSPS) is 15.0. The summed E-state index contributed by atoms with van der Waals surface area (Å²) in [6.07, 6.45) is 3.88. The number of urea groups is 1. The van der Waals surface area contributed by atoms with Crippen LogP contribution in [0, 0.1) is 0 Å². The van der Waals surface area contributed by atoms with Crippen LogP contribution in [0.2, 0.25) is 0 Å².